The lowest BCUT2D eigenvalue weighted by molar-refractivity contribution is -0.121. The minimum absolute atomic E-state index is 0.149. The predicted octanol–water partition coefficient (Wildman–Crippen LogP) is 1.20. The highest BCUT2D eigenvalue weighted by molar-refractivity contribution is 5.78. The summed E-state index contributed by atoms with van der Waals surface area (Å²) in [5, 5.41) is 6.43. The number of nitrogens with one attached hydrogen (secondary N) is 2. The van der Waals surface area contributed by atoms with Gasteiger partial charge in [-0.05, 0) is 32.6 Å². The second kappa shape index (κ2) is 6.36. The van der Waals surface area contributed by atoms with Gasteiger partial charge in [0.2, 0.25) is 5.91 Å². The molecule has 4 heteroatoms. The van der Waals surface area contributed by atoms with Crippen molar-refractivity contribution >= 4 is 5.91 Å². The van der Waals surface area contributed by atoms with Gasteiger partial charge < -0.3 is 15.4 Å². The summed E-state index contributed by atoms with van der Waals surface area (Å²) in [7, 11) is 0. The van der Waals surface area contributed by atoms with Crippen molar-refractivity contribution in [3.05, 3.63) is 0 Å². The standard InChI is InChI=1S/C13H24N2O2/c1-10-8-12(6-7-17-10)14-9-13(16)15-11-4-2-3-5-11/h10-12,14H,2-9H2,1H3,(H,15,16). The van der Waals surface area contributed by atoms with E-state index >= 15 is 0 Å². The van der Waals surface area contributed by atoms with Gasteiger partial charge in [-0.1, -0.05) is 12.8 Å². The highest BCUT2D eigenvalue weighted by Gasteiger charge is 2.21. The fourth-order valence-corrected chi connectivity index (χ4v) is 2.77. The molecule has 0 aromatic rings. The number of ether oxygens (including phenoxy) is 1. The van der Waals surface area contributed by atoms with Gasteiger partial charge in [-0.2, -0.15) is 0 Å². The van der Waals surface area contributed by atoms with Gasteiger partial charge in [0.05, 0.1) is 12.6 Å². The zero-order valence-electron chi connectivity index (χ0n) is 10.7. The molecule has 2 unspecified atom stereocenters. The summed E-state index contributed by atoms with van der Waals surface area (Å²) in [6.07, 6.45) is 7.17. The first-order chi connectivity index (χ1) is 8.24. The molecular weight excluding hydrogens is 216 g/mol. The lowest BCUT2D eigenvalue weighted by Crippen LogP contribution is -2.45. The molecule has 2 aliphatic rings. The summed E-state index contributed by atoms with van der Waals surface area (Å²) in [6, 6.07) is 0.867. The molecule has 2 N–H and O–H groups in total. The van der Waals surface area contributed by atoms with Crippen molar-refractivity contribution < 1.29 is 9.53 Å². The molecule has 0 bridgehead atoms. The Morgan fingerprint density at radius 1 is 1.24 bits per heavy atom. The van der Waals surface area contributed by atoms with Crippen LogP contribution in [0.5, 0.6) is 0 Å². The Kier molecular flexibility index (Phi) is 4.80. The average molecular weight is 240 g/mol. The molecule has 1 saturated carbocycles. The van der Waals surface area contributed by atoms with E-state index in [9.17, 15) is 4.79 Å². The SMILES string of the molecule is CC1CC(NCC(=O)NC2CCCC2)CCO1. The van der Waals surface area contributed by atoms with Crippen molar-refractivity contribution in [2.45, 2.75) is 63.6 Å². The molecule has 0 radical (unpaired) electrons. The summed E-state index contributed by atoms with van der Waals surface area (Å²) in [4.78, 5) is 11.7. The average Bonchev–Trinajstić information content (AvgIpc) is 2.79. The third-order valence-corrected chi connectivity index (χ3v) is 3.76. The van der Waals surface area contributed by atoms with Crippen molar-refractivity contribution in [3.63, 3.8) is 0 Å². The summed E-state index contributed by atoms with van der Waals surface area (Å²) in [5.74, 6) is 0.149. The molecule has 2 fully saturated rings. The fourth-order valence-electron chi connectivity index (χ4n) is 2.77. The number of hydrogen-bond donors (Lipinski definition) is 2. The van der Waals surface area contributed by atoms with Crippen LogP contribution in [0.25, 0.3) is 0 Å². The van der Waals surface area contributed by atoms with E-state index in [1.165, 1.54) is 12.8 Å². The molecule has 2 atom stereocenters. The van der Waals surface area contributed by atoms with E-state index in [-0.39, 0.29) is 5.91 Å². The van der Waals surface area contributed by atoms with Gasteiger partial charge in [-0.15, -0.1) is 0 Å². The molecule has 17 heavy (non-hydrogen) atoms. The van der Waals surface area contributed by atoms with E-state index in [4.69, 9.17) is 4.74 Å². The van der Waals surface area contributed by atoms with Crippen LogP contribution in [-0.2, 0) is 9.53 Å². The minimum atomic E-state index is 0.149. The van der Waals surface area contributed by atoms with Crippen LogP contribution >= 0.6 is 0 Å². The van der Waals surface area contributed by atoms with Gasteiger partial charge in [0.15, 0.2) is 0 Å². The maximum absolute atomic E-state index is 11.7. The van der Waals surface area contributed by atoms with E-state index in [0.717, 1.165) is 32.3 Å². The highest BCUT2D eigenvalue weighted by atomic mass is 16.5. The minimum Gasteiger partial charge on any atom is -0.378 e. The third-order valence-electron chi connectivity index (χ3n) is 3.76. The van der Waals surface area contributed by atoms with Crippen LogP contribution in [0.4, 0.5) is 0 Å². The van der Waals surface area contributed by atoms with Crippen molar-refractivity contribution in [3.8, 4) is 0 Å². The van der Waals surface area contributed by atoms with Gasteiger partial charge in [0, 0.05) is 18.7 Å². The zero-order chi connectivity index (χ0) is 12.1. The molecule has 1 aliphatic carbocycles. The Bertz CT molecular complexity index is 252. The Labute approximate surface area is 103 Å². The van der Waals surface area contributed by atoms with Crippen molar-refractivity contribution in [1.82, 2.24) is 10.6 Å². The molecule has 2 rings (SSSR count). The third kappa shape index (κ3) is 4.28. The van der Waals surface area contributed by atoms with E-state index in [2.05, 4.69) is 17.6 Å². The Balaban J connectivity index is 1.61. The first-order valence-corrected chi connectivity index (χ1v) is 6.88. The molecule has 1 amide bonds. The second-order valence-corrected chi connectivity index (χ2v) is 5.33. The van der Waals surface area contributed by atoms with Crippen LogP contribution in [0, 0.1) is 0 Å². The smallest absolute Gasteiger partial charge is 0.234 e. The lowest BCUT2D eigenvalue weighted by atomic mass is 10.0. The quantitative estimate of drug-likeness (QED) is 0.776. The number of amides is 1. The maximum atomic E-state index is 11.7. The van der Waals surface area contributed by atoms with Gasteiger partial charge in [0.25, 0.3) is 0 Å². The van der Waals surface area contributed by atoms with Crippen LogP contribution < -0.4 is 10.6 Å². The number of carbonyl (C=O) groups excluding carboxylic acids is 1. The molecule has 1 heterocycles. The molecule has 0 aromatic carbocycles. The largest absolute Gasteiger partial charge is 0.378 e. The number of rotatable bonds is 4. The van der Waals surface area contributed by atoms with Gasteiger partial charge in [-0.25, -0.2) is 0 Å². The van der Waals surface area contributed by atoms with Gasteiger partial charge in [-0.3, -0.25) is 4.79 Å². The molecule has 1 aliphatic heterocycles. The summed E-state index contributed by atoms with van der Waals surface area (Å²) < 4.78 is 5.48. The monoisotopic (exact) mass is 240 g/mol. The van der Waals surface area contributed by atoms with E-state index in [0.29, 0.717) is 24.7 Å². The van der Waals surface area contributed by atoms with Crippen LogP contribution in [0.15, 0.2) is 0 Å². The highest BCUT2D eigenvalue weighted by Crippen LogP contribution is 2.17. The van der Waals surface area contributed by atoms with E-state index < -0.39 is 0 Å². The first kappa shape index (κ1) is 12.8. The Morgan fingerprint density at radius 2 is 2.00 bits per heavy atom. The second-order valence-electron chi connectivity index (χ2n) is 5.33. The van der Waals surface area contributed by atoms with Crippen LogP contribution in [0.1, 0.15) is 45.4 Å². The number of carbonyl (C=O) groups is 1. The molecule has 4 nitrogen and oxygen atoms in total. The van der Waals surface area contributed by atoms with Crippen molar-refractivity contribution in [2.75, 3.05) is 13.2 Å². The summed E-state index contributed by atoms with van der Waals surface area (Å²) >= 11 is 0. The zero-order valence-corrected chi connectivity index (χ0v) is 10.7. The predicted molar refractivity (Wildman–Crippen MR) is 66.8 cm³/mol. The van der Waals surface area contributed by atoms with Gasteiger partial charge >= 0.3 is 0 Å². The first-order valence-electron chi connectivity index (χ1n) is 6.88. The lowest BCUT2D eigenvalue weighted by Gasteiger charge is -2.28. The Hall–Kier alpha value is -0.610. The van der Waals surface area contributed by atoms with Gasteiger partial charge in [0.1, 0.15) is 0 Å². The Morgan fingerprint density at radius 3 is 2.71 bits per heavy atom. The molecule has 98 valence electrons. The molecule has 0 aromatic heterocycles. The maximum Gasteiger partial charge on any atom is 0.234 e. The molecule has 1 saturated heterocycles. The molecule has 0 spiro atoms. The van der Waals surface area contributed by atoms with Crippen molar-refractivity contribution in [2.24, 2.45) is 0 Å². The fraction of sp³-hybridized carbons (Fsp3) is 0.923. The van der Waals surface area contributed by atoms with Crippen LogP contribution in [0.2, 0.25) is 0 Å². The number of hydrogen-bond acceptors (Lipinski definition) is 3. The summed E-state index contributed by atoms with van der Waals surface area (Å²) in [6.45, 7) is 3.35. The van der Waals surface area contributed by atoms with Crippen molar-refractivity contribution in [1.29, 1.82) is 0 Å². The normalized spacial score (nSPS) is 30.4. The van der Waals surface area contributed by atoms with E-state index in [1.54, 1.807) is 0 Å². The summed E-state index contributed by atoms with van der Waals surface area (Å²) in [5.41, 5.74) is 0. The molecular formula is C13H24N2O2. The van der Waals surface area contributed by atoms with Crippen LogP contribution in [-0.4, -0.2) is 37.2 Å². The van der Waals surface area contributed by atoms with Crippen LogP contribution in [0.3, 0.4) is 0 Å². The topological polar surface area (TPSA) is 50.4 Å². The van der Waals surface area contributed by atoms with E-state index in [1.807, 2.05) is 0 Å².